The van der Waals surface area contributed by atoms with Gasteiger partial charge in [0.25, 0.3) is 5.56 Å². The number of nitrogens with zero attached hydrogens (tertiary/aromatic N) is 2. The van der Waals surface area contributed by atoms with Gasteiger partial charge in [-0.15, -0.1) is 11.3 Å². The third kappa shape index (κ3) is 2.92. The Balaban J connectivity index is 1.87. The molecule has 0 radical (unpaired) electrons. The van der Waals surface area contributed by atoms with Crippen LogP contribution >= 0.6 is 27.3 Å². The first-order valence-corrected chi connectivity index (χ1v) is 8.96. The molecule has 0 bridgehead atoms. The van der Waals surface area contributed by atoms with E-state index in [4.69, 9.17) is 0 Å². The van der Waals surface area contributed by atoms with Crippen molar-refractivity contribution in [3.63, 3.8) is 0 Å². The van der Waals surface area contributed by atoms with E-state index in [1.807, 2.05) is 18.3 Å². The van der Waals surface area contributed by atoms with Crippen LogP contribution in [0, 0.1) is 0 Å². The fraction of sp³-hybridized carbons (Fsp3) is 0.467. The van der Waals surface area contributed by atoms with Gasteiger partial charge in [-0.2, -0.15) is 5.10 Å². The summed E-state index contributed by atoms with van der Waals surface area (Å²) in [4.78, 5) is 13.7. The van der Waals surface area contributed by atoms with Crippen LogP contribution in [0.3, 0.4) is 0 Å². The number of fused-ring (bicyclic) bond motifs is 1. The van der Waals surface area contributed by atoms with E-state index >= 15 is 0 Å². The average Bonchev–Trinajstić information content (AvgIpc) is 2.96. The van der Waals surface area contributed by atoms with Gasteiger partial charge < -0.3 is 5.32 Å². The maximum atomic E-state index is 12.2. The van der Waals surface area contributed by atoms with Gasteiger partial charge in [0.15, 0.2) is 0 Å². The summed E-state index contributed by atoms with van der Waals surface area (Å²) in [5.74, 6) is 0. The second kappa shape index (κ2) is 6.32. The van der Waals surface area contributed by atoms with Crippen LogP contribution < -0.4 is 10.9 Å². The van der Waals surface area contributed by atoms with Crippen molar-refractivity contribution in [2.24, 2.45) is 0 Å². The molecule has 0 saturated carbocycles. The third-order valence-electron chi connectivity index (χ3n) is 3.80. The zero-order valence-corrected chi connectivity index (χ0v) is 14.3. The van der Waals surface area contributed by atoms with Crippen LogP contribution in [0.15, 0.2) is 26.9 Å². The van der Waals surface area contributed by atoms with E-state index in [-0.39, 0.29) is 11.6 Å². The minimum Gasteiger partial charge on any atom is -0.376 e. The van der Waals surface area contributed by atoms with Gasteiger partial charge in [0.05, 0.1) is 17.9 Å². The summed E-state index contributed by atoms with van der Waals surface area (Å²) in [6.07, 6.45) is 6.09. The molecule has 112 valence electrons. The highest BCUT2D eigenvalue weighted by molar-refractivity contribution is 9.10. The number of nitrogens with one attached hydrogen (secondary N) is 1. The number of rotatable bonds is 4. The van der Waals surface area contributed by atoms with E-state index in [0.29, 0.717) is 11.0 Å². The summed E-state index contributed by atoms with van der Waals surface area (Å²) in [5, 5.41) is 9.89. The molecule has 0 aromatic carbocycles. The Morgan fingerprint density at radius 1 is 1.57 bits per heavy atom. The Morgan fingerprint density at radius 3 is 3.24 bits per heavy atom. The first-order valence-electron chi connectivity index (χ1n) is 7.29. The summed E-state index contributed by atoms with van der Waals surface area (Å²) in [7, 11) is 0. The molecule has 1 N–H and O–H groups in total. The lowest BCUT2D eigenvalue weighted by Crippen LogP contribution is -2.25. The van der Waals surface area contributed by atoms with Crippen molar-refractivity contribution in [3.8, 4) is 0 Å². The Morgan fingerprint density at radius 2 is 2.43 bits per heavy atom. The van der Waals surface area contributed by atoms with Crippen molar-refractivity contribution >= 4 is 33.0 Å². The number of anilines is 1. The Hall–Kier alpha value is -1.14. The summed E-state index contributed by atoms with van der Waals surface area (Å²) in [6, 6.07) is 2.47. The zero-order valence-electron chi connectivity index (χ0n) is 11.9. The van der Waals surface area contributed by atoms with E-state index in [0.717, 1.165) is 18.5 Å². The summed E-state index contributed by atoms with van der Waals surface area (Å²) in [6.45, 7) is 2.68. The number of halogens is 1. The van der Waals surface area contributed by atoms with Crippen LogP contribution in [0.1, 0.15) is 42.7 Å². The molecule has 1 aliphatic rings. The monoisotopic (exact) mass is 367 g/mol. The first kappa shape index (κ1) is 14.8. The number of aromatic nitrogens is 2. The lowest BCUT2D eigenvalue weighted by molar-refractivity contribution is 0.563. The standard InChI is InChI=1S/C15H18BrN3OS/c1-2-7-19-15(20)14(16)12(9-17-19)18-11-4-3-5-13-10(11)6-8-21-13/h6,8-9,11,18H,2-5,7H2,1H3. The van der Waals surface area contributed by atoms with Gasteiger partial charge in [-0.05, 0) is 58.6 Å². The molecule has 21 heavy (non-hydrogen) atoms. The van der Waals surface area contributed by atoms with Gasteiger partial charge in [0, 0.05) is 11.4 Å². The van der Waals surface area contributed by atoms with Crippen molar-refractivity contribution in [1.82, 2.24) is 9.78 Å². The second-order valence-corrected chi connectivity index (χ2v) is 7.08. The molecule has 2 heterocycles. The van der Waals surface area contributed by atoms with Gasteiger partial charge in [-0.3, -0.25) is 4.79 Å². The first-order chi connectivity index (χ1) is 10.2. The molecule has 0 saturated heterocycles. The molecule has 1 atom stereocenters. The molecule has 2 aromatic rings. The average molecular weight is 368 g/mol. The van der Waals surface area contributed by atoms with Crippen molar-refractivity contribution in [2.75, 3.05) is 5.32 Å². The van der Waals surface area contributed by atoms with Crippen LogP contribution in [0.25, 0.3) is 0 Å². The van der Waals surface area contributed by atoms with Gasteiger partial charge in [-0.1, -0.05) is 6.92 Å². The quantitative estimate of drug-likeness (QED) is 0.889. The highest BCUT2D eigenvalue weighted by atomic mass is 79.9. The second-order valence-electron chi connectivity index (χ2n) is 5.29. The maximum absolute atomic E-state index is 12.2. The molecule has 1 unspecified atom stereocenters. The minimum absolute atomic E-state index is 0.0665. The molecular weight excluding hydrogens is 350 g/mol. The molecule has 0 fully saturated rings. The lowest BCUT2D eigenvalue weighted by atomic mass is 9.94. The SMILES string of the molecule is CCCn1ncc(NC2CCCc3sccc32)c(Br)c1=O. The van der Waals surface area contributed by atoms with Gasteiger partial charge in [0.2, 0.25) is 0 Å². The topological polar surface area (TPSA) is 46.9 Å². The van der Waals surface area contributed by atoms with Gasteiger partial charge in [-0.25, -0.2) is 4.68 Å². The molecule has 1 aliphatic carbocycles. The Kier molecular flexibility index (Phi) is 4.45. The maximum Gasteiger partial charge on any atom is 0.283 e. The van der Waals surface area contributed by atoms with Crippen molar-refractivity contribution < 1.29 is 0 Å². The predicted molar refractivity (Wildman–Crippen MR) is 90.1 cm³/mol. The Labute approximate surface area is 136 Å². The van der Waals surface area contributed by atoms with E-state index in [1.54, 1.807) is 6.20 Å². The van der Waals surface area contributed by atoms with E-state index in [2.05, 4.69) is 37.8 Å². The smallest absolute Gasteiger partial charge is 0.283 e. The molecule has 2 aromatic heterocycles. The molecule has 0 amide bonds. The summed E-state index contributed by atoms with van der Waals surface area (Å²) < 4.78 is 2.08. The lowest BCUT2D eigenvalue weighted by Gasteiger charge is -2.25. The zero-order chi connectivity index (χ0) is 14.8. The van der Waals surface area contributed by atoms with Crippen molar-refractivity contribution in [1.29, 1.82) is 0 Å². The van der Waals surface area contributed by atoms with Gasteiger partial charge >= 0.3 is 0 Å². The van der Waals surface area contributed by atoms with Crippen LogP contribution in [-0.2, 0) is 13.0 Å². The van der Waals surface area contributed by atoms with Crippen LogP contribution in [0.5, 0.6) is 0 Å². The molecule has 4 nitrogen and oxygen atoms in total. The number of hydrogen-bond acceptors (Lipinski definition) is 4. The summed E-state index contributed by atoms with van der Waals surface area (Å²) >= 11 is 5.25. The normalized spacial score (nSPS) is 17.5. The van der Waals surface area contributed by atoms with Gasteiger partial charge in [0.1, 0.15) is 4.47 Å². The van der Waals surface area contributed by atoms with E-state index in [9.17, 15) is 4.79 Å². The predicted octanol–water partition coefficient (Wildman–Crippen LogP) is 3.97. The fourth-order valence-corrected chi connectivity index (χ4v) is 4.17. The van der Waals surface area contributed by atoms with E-state index < -0.39 is 0 Å². The summed E-state index contributed by atoms with van der Waals surface area (Å²) in [5.41, 5.74) is 2.09. The number of hydrogen-bond donors (Lipinski definition) is 1. The minimum atomic E-state index is -0.0665. The van der Waals surface area contributed by atoms with Crippen LogP contribution in [-0.4, -0.2) is 9.78 Å². The van der Waals surface area contributed by atoms with Crippen LogP contribution in [0.2, 0.25) is 0 Å². The van der Waals surface area contributed by atoms with Crippen LogP contribution in [0.4, 0.5) is 5.69 Å². The molecule has 0 aliphatic heterocycles. The highest BCUT2D eigenvalue weighted by Gasteiger charge is 2.22. The molecule has 6 heteroatoms. The highest BCUT2D eigenvalue weighted by Crippen LogP contribution is 2.36. The van der Waals surface area contributed by atoms with E-state index in [1.165, 1.54) is 28.0 Å². The number of aryl methyl sites for hydroxylation is 2. The fourth-order valence-electron chi connectivity index (χ4n) is 2.76. The largest absolute Gasteiger partial charge is 0.376 e. The molecule has 0 spiro atoms. The van der Waals surface area contributed by atoms with Crippen molar-refractivity contribution in [3.05, 3.63) is 42.9 Å². The Bertz CT molecular complexity index is 694. The third-order valence-corrected chi connectivity index (χ3v) is 5.56. The number of thiophene rings is 1. The molecular formula is C15H18BrN3OS. The van der Waals surface area contributed by atoms with Crippen molar-refractivity contribution in [2.45, 2.75) is 45.2 Å². The molecule has 3 rings (SSSR count).